The van der Waals surface area contributed by atoms with Gasteiger partial charge < -0.3 is 9.84 Å². The van der Waals surface area contributed by atoms with Crippen molar-refractivity contribution >= 4 is 24.4 Å². The number of ether oxygens (including phenoxy) is 1. The number of para-hydroxylation sites is 2. The maximum Gasteiger partial charge on any atom is 0.262 e. The summed E-state index contributed by atoms with van der Waals surface area (Å²) < 4.78 is 7.32. The van der Waals surface area contributed by atoms with Gasteiger partial charge in [-0.2, -0.15) is 0 Å². The molecule has 1 aromatic heterocycles. The summed E-state index contributed by atoms with van der Waals surface area (Å²) in [6.45, 7) is 0. The molecule has 1 aliphatic heterocycles. The summed E-state index contributed by atoms with van der Waals surface area (Å²) in [7, 11) is 0. The summed E-state index contributed by atoms with van der Waals surface area (Å²) in [4.78, 5) is 19.6. The molecule has 2 heterocycles. The first kappa shape index (κ1) is 19.7. The van der Waals surface area contributed by atoms with Crippen LogP contribution in [0.25, 0.3) is 17.8 Å². The van der Waals surface area contributed by atoms with E-state index in [0.717, 1.165) is 21.9 Å². The summed E-state index contributed by atoms with van der Waals surface area (Å²) in [5.74, 6) is 1.10. The highest BCUT2D eigenvalue weighted by Crippen LogP contribution is 2.25. The molecule has 5 rings (SSSR count). The Balaban J connectivity index is 1.58. The van der Waals surface area contributed by atoms with Crippen LogP contribution in [-0.2, 0) is 0 Å². The molecule has 0 fully saturated rings. The number of aromatic amines is 1. The lowest BCUT2D eigenvalue weighted by molar-refractivity contribution is 0.431. The van der Waals surface area contributed by atoms with E-state index in [1.807, 2.05) is 54.6 Å². The summed E-state index contributed by atoms with van der Waals surface area (Å²) >= 11 is 5.32. The molecule has 0 radical (unpaired) electrons. The monoisotopic (exact) mass is 439 g/mol. The number of rotatable bonds is 4. The Morgan fingerprint density at radius 1 is 0.969 bits per heavy atom. The predicted octanol–water partition coefficient (Wildman–Crippen LogP) is 3.83. The number of nitrogens with zero attached hydrogens (tertiary/aromatic N) is 2. The van der Waals surface area contributed by atoms with E-state index in [2.05, 4.69) is 9.98 Å². The first-order valence-corrected chi connectivity index (χ1v) is 10.3. The smallest absolute Gasteiger partial charge is 0.262 e. The Kier molecular flexibility index (Phi) is 5.01. The lowest BCUT2D eigenvalue weighted by Gasteiger charge is -2.12. The molecule has 156 valence electrons. The van der Waals surface area contributed by atoms with Crippen LogP contribution in [0.1, 0.15) is 11.1 Å². The van der Waals surface area contributed by atoms with Crippen molar-refractivity contribution < 1.29 is 9.84 Å². The molecule has 4 aromatic rings. The van der Waals surface area contributed by atoms with E-state index in [9.17, 15) is 9.90 Å². The highest BCUT2D eigenvalue weighted by atomic mass is 32.1. The van der Waals surface area contributed by atoms with Gasteiger partial charge in [-0.3, -0.25) is 19.3 Å². The molecule has 6 nitrogen and oxygen atoms in total. The Bertz CT molecular complexity index is 1590. The van der Waals surface area contributed by atoms with E-state index in [4.69, 9.17) is 17.0 Å². The number of hydrogen-bond acceptors (Lipinski definition) is 5. The fourth-order valence-electron chi connectivity index (χ4n) is 3.52. The lowest BCUT2D eigenvalue weighted by atomic mass is 10.1. The molecule has 32 heavy (non-hydrogen) atoms. The van der Waals surface area contributed by atoms with Crippen LogP contribution in [0.2, 0.25) is 0 Å². The van der Waals surface area contributed by atoms with Crippen LogP contribution in [0.4, 0.5) is 0 Å². The SMILES string of the molecule is O=c1[nH]c(=S)n(-c2ccc(Oc3ccccc3)cc2)c(O)c1C=c1cccc2c1=NC=C2. The van der Waals surface area contributed by atoms with E-state index in [0.29, 0.717) is 11.4 Å². The second-order valence-corrected chi connectivity index (χ2v) is 7.50. The molecular formula is C25H17N3O3S. The third-order valence-corrected chi connectivity index (χ3v) is 5.34. The van der Waals surface area contributed by atoms with Crippen molar-refractivity contribution in [3.8, 4) is 23.1 Å². The van der Waals surface area contributed by atoms with E-state index >= 15 is 0 Å². The van der Waals surface area contributed by atoms with Gasteiger partial charge >= 0.3 is 0 Å². The van der Waals surface area contributed by atoms with Gasteiger partial charge in [-0.25, -0.2) is 0 Å². The minimum Gasteiger partial charge on any atom is -0.494 e. The third-order valence-electron chi connectivity index (χ3n) is 5.05. The second kappa shape index (κ2) is 8.13. The van der Waals surface area contributed by atoms with Gasteiger partial charge in [0.25, 0.3) is 5.56 Å². The first-order valence-electron chi connectivity index (χ1n) is 9.87. The lowest BCUT2D eigenvalue weighted by Crippen LogP contribution is -2.27. The summed E-state index contributed by atoms with van der Waals surface area (Å²) in [5, 5.41) is 12.5. The van der Waals surface area contributed by atoms with Crippen LogP contribution in [0.5, 0.6) is 17.4 Å². The molecule has 0 amide bonds. The largest absolute Gasteiger partial charge is 0.494 e. The molecule has 0 bridgehead atoms. The molecule has 0 spiro atoms. The zero-order valence-electron chi connectivity index (χ0n) is 16.7. The minimum atomic E-state index is -0.476. The van der Waals surface area contributed by atoms with Crippen LogP contribution in [0.3, 0.4) is 0 Å². The van der Waals surface area contributed by atoms with Gasteiger partial charge in [0.05, 0.1) is 11.0 Å². The molecule has 0 atom stereocenters. The van der Waals surface area contributed by atoms with Crippen LogP contribution in [0.15, 0.2) is 88.8 Å². The molecule has 0 saturated carbocycles. The zero-order chi connectivity index (χ0) is 22.1. The van der Waals surface area contributed by atoms with Crippen molar-refractivity contribution in [2.45, 2.75) is 0 Å². The Hall–Kier alpha value is -4.23. The Labute approximate surface area is 187 Å². The average Bonchev–Trinajstić information content (AvgIpc) is 3.28. The van der Waals surface area contributed by atoms with Crippen LogP contribution < -0.4 is 20.9 Å². The van der Waals surface area contributed by atoms with Crippen LogP contribution in [-0.4, -0.2) is 14.7 Å². The van der Waals surface area contributed by atoms with Crippen molar-refractivity contribution in [1.29, 1.82) is 0 Å². The van der Waals surface area contributed by atoms with Gasteiger partial charge in [-0.05, 0) is 60.8 Å². The van der Waals surface area contributed by atoms with Crippen LogP contribution >= 0.6 is 12.2 Å². The van der Waals surface area contributed by atoms with Gasteiger partial charge in [0, 0.05) is 17.0 Å². The molecule has 0 unspecified atom stereocenters. The summed E-state index contributed by atoms with van der Waals surface area (Å²) in [6.07, 6.45) is 5.21. The maximum atomic E-state index is 12.6. The fraction of sp³-hybridized carbons (Fsp3) is 0. The summed E-state index contributed by atoms with van der Waals surface area (Å²) in [6, 6.07) is 22.1. The minimum absolute atomic E-state index is 0.0889. The Morgan fingerprint density at radius 2 is 1.72 bits per heavy atom. The zero-order valence-corrected chi connectivity index (χ0v) is 17.5. The van der Waals surface area contributed by atoms with E-state index in [-0.39, 0.29) is 16.2 Å². The second-order valence-electron chi connectivity index (χ2n) is 7.12. The number of fused-ring (bicyclic) bond motifs is 1. The quantitative estimate of drug-likeness (QED) is 0.474. The van der Waals surface area contributed by atoms with E-state index in [1.165, 1.54) is 4.57 Å². The predicted molar refractivity (Wildman–Crippen MR) is 125 cm³/mol. The van der Waals surface area contributed by atoms with Crippen molar-refractivity contribution in [2.75, 3.05) is 0 Å². The molecule has 3 aromatic carbocycles. The van der Waals surface area contributed by atoms with Crippen molar-refractivity contribution in [3.63, 3.8) is 0 Å². The highest BCUT2D eigenvalue weighted by molar-refractivity contribution is 7.71. The van der Waals surface area contributed by atoms with Gasteiger partial charge in [0.2, 0.25) is 5.88 Å². The van der Waals surface area contributed by atoms with Crippen molar-refractivity contribution in [3.05, 3.63) is 116 Å². The van der Waals surface area contributed by atoms with Gasteiger partial charge in [0.15, 0.2) is 4.77 Å². The third kappa shape index (κ3) is 3.66. The van der Waals surface area contributed by atoms with Gasteiger partial charge in [-0.1, -0.05) is 36.4 Å². The van der Waals surface area contributed by atoms with E-state index in [1.54, 1.807) is 36.5 Å². The first-order chi connectivity index (χ1) is 15.6. The maximum absolute atomic E-state index is 12.6. The van der Waals surface area contributed by atoms with Crippen LogP contribution in [0, 0.1) is 4.77 Å². The average molecular weight is 439 g/mol. The molecule has 2 N–H and O–H groups in total. The molecule has 0 saturated heterocycles. The fourth-order valence-corrected chi connectivity index (χ4v) is 3.81. The number of hydrogen-bond donors (Lipinski definition) is 2. The molecule has 1 aliphatic rings. The topological polar surface area (TPSA) is 79.6 Å². The molecule has 7 heteroatoms. The summed E-state index contributed by atoms with van der Waals surface area (Å²) in [5.41, 5.74) is 1.16. The van der Waals surface area contributed by atoms with E-state index < -0.39 is 5.56 Å². The number of nitrogens with one attached hydrogen (secondary N) is 1. The van der Waals surface area contributed by atoms with Gasteiger partial charge in [-0.15, -0.1) is 0 Å². The number of aromatic nitrogens is 2. The highest BCUT2D eigenvalue weighted by Gasteiger charge is 2.13. The molecular weight excluding hydrogens is 422 g/mol. The van der Waals surface area contributed by atoms with Crippen molar-refractivity contribution in [1.82, 2.24) is 9.55 Å². The van der Waals surface area contributed by atoms with Crippen molar-refractivity contribution in [2.24, 2.45) is 4.99 Å². The standard InChI is InChI=1S/C25H17N3O3S/c29-23-21(15-17-6-4-5-16-13-14-26-22(16)17)24(30)28(25(32)27-23)18-9-11-20(12-10-18)31-19-7-2-1-3-8-19/h1-15,30H,(H,27,29,32). The molecule has 0 aliphatic carbocycles. The number of benzene rings is 3. The van der Waals surface area contributed by atoms with Gasteiger partial charge in [0.1, 0.15) is 17.1 Å². The normalized spacial score (nSPS) is 12.4. The number of H-pyrrole nitrogens is 1. The Morgan fingerprint density at radius 3 is 2.50 bits per heavy atom. The number of aromatic hydroxyl groups is 1.